The van der Waals surface area contributed by atoms with Gasteiger partial charge in [0, 0.05) is 9.35 Å². The summed E-state index contributed by atoms with van der Waals surface area (Å²) >= 11 is 8.20. The van der Waals surface area contributed by atoms with Crippen molar-refractivity contribution < 1.29 is 13.2 Å². The molecule has 20 heavy (non-hydrogen) atoms. The van der Waals surface area contributed by atoms with E-state index in [-0.39, 0.29) is 0 Å². The average molecular weight is 429 g/mol. The van der Waals surface area contributed by atoms with Crippen LogP contribution in [-0.2, 0) is 0 Å². The van der Waals surface area contributed by atoms with Gasteiger partial charge >= 0.3 is 0 Å². The Kier molecular flexibility index (Phi) is 5.28. The van der Waals surface area contributed by atoms with E-state index in [1.807, 2.05) is 13.0 Å². The van der Waals surface area contributed by atoms with Crippen LogP contribution in [0.2, 0.25) is 0 Å². The molecule has 1 aromatic carbocycles. The van der Waals surface area contributed by atoms with Gasteiger partial charge in [0.1, 0.15) is 0 Å². The molecule has 2 rings (SSSR count). The Labute approximate surface area is 135 Å². The average Bonchev–Trinajstić information content (AvgIpc) is 2.72. The van der Waals surface area contributed by atoms with Crippen molar-refractivity contribution in [3.8, 4) is 0 Å². The Morgan fingerprint density at radius 2 is 1.75 bits per heavy atom. The van der Waals surface area contributed by atoms with E-state index >= 15 is 0 Å². The molecule has 108 valence electrons. The number of rotatable bonds is 4. The van der Waals surface area contributed by atoms with Gasteiger partial charge in [0.2, 0.25) is 0 Å². The number of benzene rings is 1. The molecule has 1 aromatic heterocycles. The minimum absolute atomic E-state index is 0.351. The van der Waals surface area contributed by atoms with E-state index in [4.69, 9.17) is 0 Å². The fourth-order valence-electron chi connectivity index (χ4n) is 1.83. The molecule has 2 aromatic rings. The lowest BCUT2D eigenvalue weighted by Gasteiger charge is -2.17. The second-order valence-corrected chi connectivity index (χ2v) is 7.32. The Hall–Kier alpha value is -0.370. The Morgan fingerprint density at radius 1 is 1.15 bits per heavy atom. The second kappa shape index (κ2) is 6.60. The van der Waals surface area contributed by atoms with Crippen molar-refractivity contribution in [3.05, 3.63) is 54.4 Å². The van der Waals surface area contributed by atoms with E-state index in [1.165, 1.54) is 11.3 Å². The molecule has 0 amide bonds. The van der Waals surface area contributed by atoms with Crippen LogP contribution in [0.5, 0.6) is 0 Å². The van der Waals surface area contributed by atoms with Gasteiger partial charge in [-0.2, -0.15) is 0 Å². The highest BCUT2D eigenvalue weighted by atomic mass is 79.9. The van der Waals surface area contributed by atoms with E-state index in [0.29, 0.717) is 12.1 Å². The van der Waals surface area contributed by atoms with Crippen molar-refractivity contribution in [2.24, 2.45) is 0 Å². The minimum Gasteiger partial charge on any atom is -0.306 e. The lowest BCUT2D eigenvalue weighted by atomic mass is 10.0. The summed E-state index contributed by atoms with van der Waals surface area (Å²) in [4.78, 5) is 0.871. The third-order valence-corrected chi connectivity index (χ3v) is 6.02. The number of hydrogen-bond donors (Lipinski definition) is 1. The summed E-state index contributed by atoms with van der Waals surface area (Å²) in [7, 11) is 0. The first kappa shape index (κ1) is 16.0. The fraction of sp³-hybridized carbons (Fsp3) is 0.231. The van der Waals surface area contributed by atoms with Gasteiger partial charge in [0.25, 0.3) is 0 Å². The predicted octanol–water partition coefficient (Wildman–Crippen LogP) is 5.39. The first-order valence-electron chi connectivity index (χ1n) is 5.76. The summed E-state index contributed by atoms with van der Waals surface area (Å²) in [6, 6.07) is 3.51. The van der Waals surface area contributed by atoms with Crippen molar-refractivity contribution in [2.45, 2.75) is 13.0 Å². The van der Waals surface area contributed by atoms with Crippen LogP contribution in [0.4, 0.5) is 13.2 Å². The second-order valence-electron chi connectivity index (χ2n) is 4.06. The van der Waals surface area contributed by atoms with E-state index in [1.54, 1.807) is 0 Å². The molecule has 1 N–H and O–H groups in total. The zero-order valence-electron chi connectivity index (χ0n) is 10.3. The van der Waals surface area contributed by atoms with Gasteiger partial charge in [-0.25, -0.2) is 13.2 Å². The van der Waals surface area contributed by atoms with Gasteiger partial charge in [0.05, 0.1) is 9.83 Å². The Bertz CT molecular complexity index is 588. The molecule has 1 heterocycles. The number of thiophene rings is 1. The Balaban J connectivity index is 2.48. The quantitative estimate of drug-likeness (QED) is 0.643. The molecular formula is C13H10Br2F3NS. The zero-order valence-corrected chi connectivity index (χ0v) is 14.3. The van der Waals surface area contributed by atoms with Crippen LogP contribution < -0.4 is 5.32 Å². The molecule has 0 aliphatic heterocycles. The molecule has 0 saturated carbocycles. The molecule has 1 atom stereocenters. The van der Waals surface area contributed by atoms with Gasteiger partial charge in [-0.3, -0.25) is 0 Å². The fourth-order valence-corrected chi connectivity index (χ4v) is 4.03. The molecule has 0 bridgehead atoms. The minimum atomic E-state index is -1.45. The van der Waals surface area contributed by atoms with Gasteiger partial charge in [0.15, 0.2) is 17.5 Å². The molecule has 0 fully saturated rings. The number of nitrogens with one attached hydrogen (secondary N) is 1. The topological polar surface area (TPSA) is 12.0 Å². The van der Waals surface area contributed by atoms with Crippen LogP contribution in [-0.4, -0.2) is 6.54 Å². The van der Waals surface area contributed by atoms with Gasteiger partial charge in [-0.1, -0.05) is 6.92 Å². The van der Waals surface area contributed by atoms with Crippen molar-refractivity contribution in [3.63, 3.8) is 0 Å². The third kappa shape index (κ3) is 3.27. The summed E-state index contributed by atoms with van der Waals surface area (Å²) in [6.07, 6.45) is 0. The number of hydrogen-bond acceptors (Lipinski definition) is 2. The van der Waals surface area contributed by atoms with Crippen LogP contribution in [0.3, 0.4) is 0 Å². The van der Waals surface area contributed by atoms with Crippen LogP contribution in [0, 0.1) is 17.5 Å². The lowest BCUT2D eigenvalue weighted by molar-refractivity contribution is 0.443. The van der Waals surface area contributed by atoms with Crippen molar-refractivity contribution >= 4 is 43.2 Å². The van der Waals surface area contributed by atoms with Crippen molar-refractivity contribution in [2.75, 3.05) is 6.54 Å². The predicted molar refractivity (Wildman–Crippen MR) is 81.6 cm³/mol. The highest BCUT2D eigenvalue weighted by Crippen LogP contribution is 2.38. The first-order valence-corrected chi connectivity index (χ1v) is 8.16. The highest BCUT2D eigenvalue weighted by Gasteiger charge is 2.20. The van der Waals surface area contributed by atoms with Crippen molar-refractivity contribution in [1.29, 1.82) is 0 Å². The molecule has 0 radical (unpaired) electrons. The summed E-state index contributed by atoms with van der Waals surface area (Å²) in [5, 5.41) is 3.14. The molecule has 1 nitrogen and oxygen atoms in total. The van der Waals surface area contributed by atoms with Crippen LogP contribution in [0.15, 0.2) is 26.5 Å². The van der Waals surface area contributed by atoms with Gasteiger partial charge < -0.3 is 5.32 Å². The molecule has 7 heteroatoms. The van der Waals surface area contributed by atoms with Crippen LogP contribution in [0.1, 0.15) is 23.4 Å². The zero-order chi connectivity index (χ0) is 14.9. The maximum atomic E-state index is 13.4. The molecule has 0 aliphatic carbocycles. The van der Waals surface area contributed by atoms with Crippen LogP contribution >= 0.6 is 43.2 Å². The first-order chi connectivity index (χ1) is 9.43. The number of halogens is 5. The maximum Gasteiger partial charge on any atom is 0.194 e. The van der Waals surface area contributed by atoms with Crippen LogP contribution in [0.25, 0.3) is 0 Å². The summed E-state index contributed by atoms with van der Waals surface area (Å²) < 4.78 is 41.6. The summed E-state index contributed by atoms with van der Waals surface area (Å²) in [5.74, 6) is -3.81. The van der Waals surface area contributed by atoms with Gasteiger partial charge in [-0.15, -0.1) is 11.3 Å². The lowest BCUT2D eigenvalue weighted by Crippen LogP contribution is -2.21. The SMILES string of the molecule is CCNC(c1cc(F)c(F)c(F)c1)c1cc(Br)c(Br)s1. The van der Waals surface area contributed by atoms with E-state index < -0.39 is 23.5 Å². The van der Waals surface area contributed by atoms with E-state index in [9.17, 15) is 13.2 Å². The molecule has 0 aliphatic rings. The molecule has 1 unspecified atom stereocenters. The largest absolute Gasteiger partial charge is 0.306 e. The van der Waals surface area contributed by atoms with Crippen molar-refractivity contribution in [1.82, 2.24) is 5.32 Å². The molecule has 0 spiro atoms. The van der Waals surface area contributed by atoms with E-state index in [0.717, 1.165) is 25.3 Å². The summed E-state index contributed by atoms with van der Waals surface area (Å²) in [6.45, 7) is 2.50. The highest BCUT2D eigenvalue weighted by molar-refractivity contribution is 9.13. The standard InChI is InChI=1S/C13H10Br2F3NS/c1-2-19-12(10-5-7(14)13(15)20-10)6-3-8(16)11(18)9(17)4-6/h3-5,12,19H,2H2,1H3. The third-order valence-electron chi connectivity index (χ3n) is 2.70. The summed E-state index contributed by atoms with van der Waals surface area (Å²) in [5.41, 5.74) is 0.351. The monoisotopic (exact) mass is 427 g/mol. The van der Waals surface area contributed by atoms with Gasteiger partial charge in [-0.05, 0) is 62.2 Å². The normalized spacial score (nSPS) is 12.7. The van der Waals surface area contributed by atoms with E-state index in [2.05, 4.69) is 37.2 Å². The smallest absolute Gasteiger partial charge is 0.194 e. The Morgan fingerprint density at radius 3 is 2.20 bits per heavy atom. The molecular weight excluding hydrogens is 419 g/mol. The maximum absolute atomic E-state index is 13.4. The molecule has 0 saturated heterocycles.